The van der Waals surface area contributed by atoms with Crippen molar-refractivity contribution in [2.45, 2.75) is 25.0 Å². The molecule has 0 spiro atoms. The minimum atomic E-state index is -0.153. The zero-order chi connectivity index (χ0) is 14.7. The highest BCUT2D eigenvalue weighted by Gasteiger charge is 2.32. The van der Waals surface area contributed by atoms with Gasteiger partial charge in [0.2, 0.25) is 0 Å². The SMILES string of the molecule is N#Cc1cccc(C(=O)NCC2CN3CCCC3CO2)c1. The molecule has 1 aromatic carbocycles. The van der Waals surface area contributed by atoms with Gasteiger partial charge in [-0.05, 0) is 37.6 Å². The first-order valence-electron chi connectivity index (χ1n) is 7.40. The number of hydrogen-bond acceptors (Lipinski definition) is 4. The molecule has 2 heterocycles. The van der Waals surface area contributed by atoms with E-state index in [1.807, 2.05) is 6.07 Å². The highest BCUT2D eigenvalue weighted by atomic mass is 16.5. The van der Waals surface area contributed by atoms with Gasteiger partial charge in [0.15, 0.2) is 0 Å². The molecule has 2 unspecified atom stereocenters. The van der Waals surface area contributed by atoms with Gasteiger partial charge in [0.1, 0.15) is 0 Å². The first-order valence-corrected chi connectivity index (χ1v) is 7.40. The van der Waals surface area contributed by atoms with E-state index >= 15 is 0 Å². The van der Waals surface area contributed by atoms with Crippen molar-refractivity contribution in [3.8, 4) is 6.07 Å². The Hall–Kier alpha value is -1.90. The molecule has 2 atom stereocenters. The minimum Gasteiger partial charge on any atom is -0.373 e. The Morgan fingerprint density at radius 3 is 3.29 bits per heavy atom. The van der Waals surface area contributed by atoms with Crippen molar-refractivity contribution in [2.24, 2.45) is 0 Å². The van der Waals surface area contributed by atoms with Gasteiger partial charge >= 0.3 is 0 Å². The van der Waals surface area contributed by atoms with Crippen molar-refractivity contribution in [1.29, 1.82) is 5.26 Å². The van der Waals surface area contributed by atoms with Crippen LogP contribution in [-0.2, 0) is 4.74 Å². The first-order chi connectivity index (χ1) is 10.3. The Kier molecular flexibility index (Phi) is 4.18. The number of benzene rings is 1. The van der Waals surface area contributed by atoms with Gasteiger partial charge < -0.3 is 10.1 Å². The fourth-order valence-electron chi connectivity index (χ4n) is 3.05. The van der Waals surface area contributed by atoms with E-state index in [0.29, 0.717) is 23.7 Å². The summed E-state index contributed by atoms with van der Waals surface area (Å²) in [5, 5.41) is 11.8. The summed E-state index contributed by atoms with van der Waals surface area (Å²) in [7, 11) is 0. The van der Waals surface area contributed by atoms with Crippen LogP contribution in [-0.4, -0.2) is 49.2 Å². The third-order valence-corrected chi connectivity index (χ3v) is 4.21. The Morgan fingerprint density at radius 1 is 1.52 bits per heavy atom. The number of carbonyl (C=O) groups is 1. The second-order valence-electron chi connectivity index (χ2n) is 5.65. The number of nitrogens with one attached hydrogen (secondary N) is 1. The lowest BCUT2D eigenvalue weighted by atomic mass is 10.1. The number of morpholine rings is 1. The standard InChI is InChI=1S/C16H19N3O2/c17-8-12-3-1-4-13(7-12)16(20)18-9-15-10-19-6-2-5-14(19)11-21-15/h1,3-4,7,14-15H,2,5-6,9-11H2,(H,18,20). The molecule has 5 heteroatoms. The lowest BCUT2D eigenvalue weighted by molar-refractivity contribution is -0.0461. The molecule has 2 fully saturated rings. The summed E-state index contributed by atoms with van der Waals surface area (Å²) in [4.78, 5) is 14.5. The molecular formula is C16H19N3O2. The van der Waals surface area contributed by atoms with Crippen LogP contribution in [0.4, 0.5) is 0 Å². The molecule has 0 aromatic heterocycles. The highest BCUT2D eigenvalue weighted by Crippen LogP contribution is 2.22. The summed E-state index contributed by atoms with van der Waals surface area (Å²) >= 11 is 0. The quantitative estimate of drug-likeness (QED) is 0.905. The number of ether oxygens (including phenoxy) is 1. The predicted molar refractivity (Wildman–Crippen MR) is 77.8 cm³/mol. The second kappa shape index (κ2) is 6.25. The smallest absolute Gasteiger partial charge is 0.251 e. The molecule has 1 amide bonds. The predicted octanol–water partition coefficient (Wildman–Crippen LogP) is 1.15. The summed E-state index contributed by atoms with van der Waals surface area (Å²) in [6.45, 7) is 3.31. The van der Waals surface area contributed by atoms with Crippen LogP contribution < -0.4 is 5.32 Å². The van der Waals surface area contributed by atoms with Gasteiger partial charge in [0, 0.05) is 24.7 Å². The van der Waals surface area contributed by atoms with E-state index in [4.69, 9.17) is 10.00 Å². The van der Waals surface area contributed by atoms with Crippen LogP contribution in [0.25, 0.3) is 0 Å². The molecule has 110 valence electrons. The van der Waals surface area contributed by atoms with E-state index in [0.717, 1.165) is 19.7 Å². The molecule has 0 aliphatic carbocycles. The van der Waals surface area contributed by atoms with Crippen molar-refractivity contribution in [1.82, 2.24) is 10.2 Å². The number of nitrogens with zero attached hydrogens (tertiary/aromatic N) is 2. The molecule has 3 rings (SSSR count). The Balaban J connectivity index is 1.52. The number of carbonyl (C=O) groups excluding carboxylic acids is 1. The maximum atomic E-state index is 12.1. The van der Waals surface area contributed by atoms with Gasteiger partial charge in [0.25, 0.3) is 5.91 Å². The molecule has 5 nitrogen and oxygen atoms in total. The van der Waals surface area contributed by atoms with E-state index in [-0.39, 0.29) is 12.0 Å². The highest BCUT2D eigenvalue weighted by molar-refractivity contribution is 5.94. The molecule has 1 aromatic rings. The van der Waals surface area contributed by atoms with E-state index in [1.54, 1.807) is 24.3 Å². The molecule has 0 radical (unpaired) electrons. The van der Waals surface area contributed by atoms with Crippen molar-refractivity contribution in [2.75, 3.05) is 26.2 Å². The molecule has 0 saturated carbocycles. The monoisotopic (exact) mass is 285 g/mol. The average Bonchev–Trinajstić information content (AvgIpc) is 3.00. The fraction of sp³-hybridized carbons (Fsp3) is 0.500. The first kappa shape index (κ1) is 14.1. The van der Waals surface area contributed by atoms with Crippen LogP contribution in [0.1, 0.15) is 28.8 Å². The average molecular weight is 285 g/mol. The van der Waals surface area contributed by atoms with E-state index in [9.17, 15) is 4.79 Å². The summed E-state index contributed by atoms with van der Waals surface area (Å²) in [6, 6.07) is 9.35. The van der Waals surface area contributed by atoms with Gasteiger partial charge in [0.05, 0.1) is 24.3 Å². The van der Waals surface area contributed by atoms with Crippen LogP contribution >= 0.6 is 0 Å². The van der Waals surface area contributed by atoms with E-state index in [2.05, 4.69) is 10.2 Å². The minimum absolute atomic E-state index is 0.0578. The van der Waals surface area contributed by atoms with Crippen molar-refractivity contribution in [3.05, 3.63) is 35.4 Å². The molecule has 0 bridgehead atoms. The molecule has 21 heavy (non-hydrogen) atoms. The zero-order valence-electron chi connectivity index (χ0n) is 11.9. The normalized spacial score (nSPS) is 25.1. The maximum Gasteiger partial charge on any atom is 0.251 e. The van der Waals surface area contributed by atoms with Gasteiger partial charge in [-0.3, -0.25) is 9.69 Å². The second-order valence-corrected chi connectivity index (χ2v) is 5.65. The summed E-state index contributed by atoms with van der Waals surface area (Å²) < 4.78 is 5.81. The molecule has 2 aliphatic rings. The maximum absolute atomic E-state index is 12.1. The van der Waals surface area contributed by atoms with Crippen molar-refractivity contribution in [3.63, 3.8) is 0 Å². The number of hydrogen-bond donors (Lipinski definition) is 1. The van der Waals surface area contributed by atoms with Crippen LogP contribution in [0.2, 0.25) is 0 Å². The Bertz CT molecular complexity index is 567. The number of amides is 1. The van der Waals surface area contributed by atoms with E-state index < -0.39 is 0 Å². The third kappa shape index (κ3) is 3.23. The van der Waals surface area contributed by atoms with Crippen LogP contribution in [0, 0.1) is 11.3 Å². The van der Waals surface area contributed by atoms with Crippen molar-refractivity contribution >= 4 is 5.91 Å². The van der Waals surface area contributed by atoms with Crippen LogP contribution in [0.5, 0.6) is 0 Å². The summed E-state index contributed by atoms with van der Waals surface area (Å²) in [5.74, 6) is -0.153. The molecule has 2 aliphatic heterocycles. The lowest BCUT2D eigenvalue weighted by Crippen LogP contribution is -2.50. The number of nitriles is 1. The summed E-state index contributed by atoms with van der Waals surface area (Å²) in [6.07, 6.45) is 2.52. The fourth-order valence-corrected chi connectivity index (χ4v) is 3.05. The zero-order valence-corrected chi connectivity index (χ0v) is 11.9. The molecule has 1 N–H and O–H groups in total. The largest absolute Gasteiger partial charge is 0.373 e. The van der Waals surface area contributed by atoms with Crippen molar-refractivity contribution < 1.29 is 9.53 Å². The van der Waals surface area contributed by atoms with Crippen LogP contribution in [0.3, 0.4) is 0 Å². The number of fused-ring (bicyclic) bond motifs is 1. The molecule has 2 saturated heterocycles. The number of rotatable bonds is 3. The third-order valence-electron chi connectivity index (χ3n) is 4.21. The Labute approximate surface area is 124 Å². The van der Waals surface area contributed by atoms with Gasteiger partial charge in [-0.2, -0.15) is 5.26 Å². The van der Waals surface area contributed by atoms with Gasteiger partial charge in [-0.1, -0.05) is 6.07 Å². The lowest BCUT2D eigenvalue weighted by Gasteiger charge is -2.35. The Morgan fingerprint density at radius 2 is 2.43 bits per heavy atom. The van der Waals surface area contributed by atoms with E-state index in [1.165, 1.54) is 12.8 Å². The molecular weight excluding hydrogens is 266 g/mol. The summed E-state index contributed by atoms with van der Waals surface area (Å²) in [5.41, 5.74) is 1.01. The topological polar surface area (TPSA) is 65.4 Å². The van der Waals surface area contributed by atoms with Gasteiger partial charge in [-0.15, -0.1) is 0 Å². The van der Waals surface area contributed by atoms with Gasteiger partial charge in [-0.25, -0.2) is 0 Å². The van der Waals surface area contributed by atoms with Crippen LogP contribution in [0.15, 0.2) is 24.3 Å².